The second-order valence-electron chi connectivity index (χ2n) is 6.43. The Bertz CT molecular complexity index is 524. The minimum atomic E-state index is -0.589. The van der Waals surface area contributed by atoms with Crippen molar-refractivity contribution in [2.45, 2.75) is 51.6 Å². The number of halogens is 1. The molecule has 1 saturated carbocycles. The van der Waals surface area contributed by atoms with Crippen LogP contribution in [0.4, 0.5) is 10.2 Å². The summed E-state index contributed by atoms with van der Waals surface area (Å²) in [6, 6.07) is 0. The van der Waals surface area contributed by atoms with E-state index in [1.807, 2.05) is 18.7 Å². The van der Waals surface area contributed by atoms with Crippen molar-refractivity contribution in [1.29, 1.82) is 0 Å². The predicted molar refractivity (Wildman–Crippen MR) is 79.7 cm³/mol. The van der Waals surface area contributed by atoms with E-state index in [0.717, 1.165) is 32.2 Å². The summed E-state index contributed by atoms with van der Waals surface area (Å²) in [5.74, 6) is 0.798. The Morgan fingerprint density at radius 2 is 2.19 bits per heavy atom. The van der Waals surface area contributed by atoms with Crippen molar-refractivity contribution in [2.75, 3.05) is 18.0 Å². The minimum absolute atomic E-state index is 0.232. The normalized spacial score (nSPS) is 32.3. The van der Waals surface area contributed by atoms with E-state index in [0.29, 0.717) is 30.4 Å². The van der Waals surface area contributed by atoms with Gasteiger partial charge in [0.05, 0.1) is 11.3 Å². The molecule has 1 N–H and O–H groups in total. The fourth-order valence-electron chi connectivity index (χ4n) is 4.10. The molecule has 1 aliphatic heterocycles. The van der Waals surface area contributed by atoms with Crippen LogP contribution in [-0.4, -0.2) is 33.8 Å². The van der Waals surface area contributed by atoms with Gasteiger partial charge in [0.2, 0.25) is 0 Å². The maximum Gasteiger partial charge on any atom is 0.187 e. The molecule has 4 nitrogen and oxygen atoms in total. The molecule has 0 aromatic carbocycles. The standard InChI is InChI=1S/C16H24FN3O/c1-3-13-14(17)15(19-10-18-13)20-8-11-6-5-7-16(21,4-2)12(11)9-20/h10-12,21H,3-9H2,1-2H3/t11-,12+,16-/m1/s1. The summed E-state index contributed by atoms with van der Waals surface area (Å²) in [6.07, 6.45) is 5.84. The molecule has 21 heavy (non-hydrogen) atoms. The zero-order valence-corrected chi connectivity index (χ0v) is 12.8. The number of aryl methyl sites for hydroxylation is 1. The summed E-state index contributed by atoms with van der Waals surface area (Å²) in [7, 11) is 0. The maximum absolute atomic E-state index is 14.4. The maximum atomic E-state index is 14.4. The van der Waals surface area contributed by atoms with E-state index < -0.39 is 5.60 Å². The van der Waals surface area contributed by atoms with Gasteiger partial charge in [-0.05, 0) is 31.6 Å². The van der Waals surface area contributed by atoms with Crippen molar-refractivity contribution in [3.05, 3.63) is 17.8 Å². The molecule has 2 fully saturated rings. The molecule has 1 aromatic heterocycles. The van der Waals surface area contributed by atoms with Gasteiger partial charge in [-0.2, -0.15) is 0 Å². The van der Waals surface area contributed by atoms with Crippen LogP contribution in [0, 0.1) is 17.7 Å². The molecule has 0 bridgehead atoms. The average molecular weight is 293 g/mol. The smallest absolute Gasteiger partial charge is 0.187 e. The van der Waals surface area contributed by atoms with Crippen LogP contribution in [0.5, 0.6) is 0 Å². The van der Waals surface area contributed by atoms with E-state index in [2.05, 4.69) is 9.97 Å². The lowest BCUT2D eigenvalue weighted by Crippen LogP contribution is -2.44. The van der Waals surface area contributed by atoms with E-state index in [-0.39, 0.29) is 11.7 Å². The highest BCUT2D eigenvalue weighted by Gasteiger charge is 2.48. The van der Waals surface area contributed by atoms with Crippen molar-refractivity contribution in [2.24, 2.45) is 11.8 Å². The zero-order valence-electron chi connectivity index (χ0n) is 12.8. The van der Waals surface area contributed by atoms with Crippen LogP contribution < -0.4 is 4.90 Å². The Kier molecular flexibility index (Phi) is 3.86. The van der Waals surface area contributed by atoms with E-state index in [1.54, 1.807) is 0 Å². The quantitative estimate of drug-likeness (QED) is 0.930. The van der Waals surface area contributed by atoms with Gasteiger partial charge >= 0.3 is 0 Å². The molecule has 0 unspecified atom stereocenters. The molecule has 1 saturated heterocycles. The highest BCUT2D eigenvalue weighted by atomic mass is 19.1. The Morgan fingerprint density at radius 1 is 1.38 bits per heavy atom. The first-order chi connectivity index (χ1) is 10.1. The van der Waals surface area contributed by atoms with Crippen molar-refractivity contribution in [3.8, 4) is 0 Å². The molecule has 3 rings (SSSR count). The molecular weight excluding hydrogens is 269 g/mol. The van der Waals surface area contributed by atoms with Gasteiger partial charge in [0, 0.05) is 19.0 Å². The predicted octanol–water partition coefficient (Wildman–Crippen LogP) is 2.56. The van der Waals surface area contributed by atoms with E-state index in [1.165, 1.54) is 6.33 Å². The van der Waals surface area contributed by atoms with Crippen molar-refractivity contribution >= 4 is 5.82 Å². The van der Waals surface area contributed by atoms with Crippen LogP contribution in [0.3, 0.4) is 0 Å². The fourth-order valence-corrected chi connectivity index (χ4v) is 4.10. The number of aromatic nitrogens is 2. The van der Waals surface area contributed by atoms with Crippen LogP contribution in [0.25, 0.3) is 0 Å². The van der Waals surface area contributed by atoms with Gasteiger partial charge < -0.3 is 10.0 Å². The molecule has 0 spiro atoms. The Balaban J connectivity index is 1.87. The van der Waals surface area contributed by atoms with Gasteiger partial charge in [-0.25, -0.2) is 14.4 Å². The molecule has 0 amide bonds. The van der Waals surface area contributed by atoms with Gasteiger partial charge in [-0.3, -0.25) is 0 Å². The van der Waals surface area contributed by atoms with Crippen LogP contribution >= 0.6 is 0 Å². The summed E-state index contributed by atoms with van der Waals surface area (Å²) in [5.41, 5.74) is -0.116. The Hall–Kier alpha value is -1.23. The van der Waals surface area contributed by atoms with Gasteiger partial charge in [0.15, 0.2) is 11.6 Å². The van der Waals surface area contributed by atoms with Crippen LogP contribution in [0.2, 0.25) is 0 Å². The van der Waals surface area contributed by atoms with Crippen LogP contribution in [0.15, 0.2) is 6.33 Å². The topological polar surface area (TPSA) is 49.2 Å². The molecule has 2 aliphatic rings. The van der Waals surface area contributed by atoms with Crippen molar-refractivity contribution < 1.29 is 9.50 Å². The van der Waals surface area contributed by atoms with Gasteiger partial charge in [0.25, 0.3) is 0 Å². The lowest BCUT2D eigenvalue weighted by Gasteiger charge is -2.40. The third-order valence-corrected chi connectivity index (χ3v) is 5.41. The Morgan fingerprint density at radius 3 is 2.90 bits per heavy atom. The number of nitrogens with zero attached hydrogens (tertiary/aromatic N) is 3. The van der Waals surface area contributed by atoms with Gasteiger partial charge in [-0.15, -0.1) is 0 Å². The molecule has 3 atom stereocenters. The first-order valence-corrected chi connectivity index (χ1v) is 8.05. The number of hydrogen-bond donors (Lipinski definition) is 1. The first-order valence-electron chi connectivity index (χ1n) is 8.05. The second kappa shape index (κ2) is 5.52. The zero-order chi connectivity index (χ0) is 15.0. The fraction of sp³-hybridized carbons (Fsp3) is 0.750. The lowest BCUT2D eigenvalue weighted by molar-refractivity contribution is -0.0597. The highest BCUT2D eigenvalue weighted by Crippen LogP contribution is 2.45. The molecular formula is C16H24FN3O. The largest absolute Gasteiger partial charge is 0.390 e. The summed E-state index contributed by atoms with van der Waals surface area (Å²) in [5, 5.41) is 10.8. The highest BCUT2D eigenvalue weighted by molar-refractivity contribution is 5.43. The summed E-state index contributed by atoms with van der Waals surface area (Å²) in [6.45, 7) is 5.44. The van der Waals surface area contributed by atoms with Crippen molar-refractivity contribution in [3.63, 3.8) is 0 Å². The van der Waals surface area contributed by atoms with Gasteiger partial charge in [0.1, 0.15) is 6.33 Å². The first kappa shape index (κ1) is 14.7. The monoisotopic (exact) mass is 293 g/mol. The summed E-state index contributed by atoms with van der Waals surface area (Å²) < 4.78 is 14.4. The third kappa shape index (κ3) is 2.41. The minimum Gasteiger partial charge on any atom is -0.390 e. The van der Waals surface area contributed by atoms with E-state index in [4.69, 9.17) is 0 Å². The number of hydrogen-bond acceptors (Lipinski definition) is 4. The second-order valence-corrected chi connectivity index (χ2v) is 6.43. The average Bonchev–Trinajstić information content (AvgIpc) is 2.93. The number of anilines is 1. The van der Waals surface area contributed by atoms with Gasteiger partial charge in [-0.1, -0.05) is 20.3 Å². The lowest BCUT2D eigenvalue weighted by atomic mass is 9.69. The van der Waals surface area contributed by atoms with E-state index >= 15 is 0 Å². The summed E-state index contributed by atoms with van der Waals surface area (Å²) >= 11 is 0. The van der Waals surface area contributed by atoms with Crippen molar-refractivity contribution in [1.82, 2.24) is 9.97 Å². The number of fused-ring (bicyclic) bond motifs is 1. The number of rotatable bonds is 3. The summed E-state index contributed by atoms with van der Waals surface area (Å²) in [4.78, 5) is 10.2. The SMILES string of the molecule is CCc1ncnc(N2C[C@H]3CCC[C@](O)(CC)[C@H]3C2)c1F. The molecule has 1 aromatic rings. The van der Waals surface area contributed by atoms with E-state index in [9.17, 15) is 9.50 Å². The molecule has 0 radical (unpaired) electrons. The number of aliphatic hydroxyl groups is 1. The Labute approximate surface area is 125 Å². The molecule has 116 valence electrons. The van der Waals surface area contributed by atoms with Crippen LogP contribution in [-0.2, 0) is 6.42 Å². The third-order valence-electron chi connectivity index (χ3n) is 5.41. The molecule has 2 heterocycles. The molecule has 5 heteroatoms. The molecule has 1 aliphatic carbocycles. The van der Waals surface area contributed by atoms with Crippen LogP contribution in [0.1, 0.15) is 45.2 Å².